The minimum Gasteiger partial charge on any atom is -0.314 e. The molecule has 18 heavy (non-hydrogen) atoms. The lowest BCUT2D eigenvalue weighted by Gasteiger charge is -2.24. The molecule has 0 spiro atoms. The fourth-order valence-corrected chi connectivity index (χ4v) is 3.04. The third kappa shape index (κ3) is 3.56. The van der Waals surface area contributed by atoms with E-state index in [0.29, 0.717) is 12.1 Å². The van der Waals surface area contributed by atoms with Gasteiger partial charge in [0.15, 0.2) is 0 Å². The van der Waals surface area contributed by atoms with Crippen LogP contribution in [-0.2, 0) is 0 Å². The zero-order valence-corrected chi connectivity index (χ0v) is 11.9. The Morgan fingerprint density at radius 2 is 2.11 bits per heavy atom. The van der Waals surface area contributed by atoms with E-state index in [4.69, 9.17) is 0 Å². The highest BCUT2D eigenvalue weighted by Crippen LogP contribution is 2.19. The molecule has 2 rings (SSSR count). The molecule has 0 radical (unpaired) electrons. The summed E-state index contributed by atoms with van der Waals surface area (Å²) >= 11 is 0. The molecule has 0 amide bonds. The first-order valence-corrected chi connectivity index (χ1v) is 7.22. The van der Waals surface area contributed by atoms with Gasteiger partial charge in [-0.2, -0.15) is 0 Å². The standard InChI is InChI=1S/C16H26N2/c1-12-7-4-5-9-16(12)14(3)18-13(2)11-15-8-6-10-17-15/h4-5,7,9,13-15,17-18H,6,8,10-11H2,1-3H3/t13?,14-,15?/m1/s1. The SMILES string of the molecule is Cc1ccccc1[C@@H](C)NC(C)CC1CCCN1. The highest BCUT2D eigenvalue weighted by Gasteiger charge is 2.18. The Kier molecular flexibility index (Phi) is 4.79. The van der Waals surface area contributed by atoms with Gasteiger partial charge in [-0.3, -0.25) is 0 Å². The molecule has 0 aromatic heterocycles. The molecule has 100 valence electrons. The zero-order chi connectivity index (χ0) is 13.0. The summed E-state index contributed by atoms with van der Waals surface area (Å²) in [5.74, 6) is 0. The topological polar surface area (TPSA) is 24.1 Å². The fourth-order valence-electron chi connectivity index (χ4n) is 3.04. The van der Waals surface area contributed by atoms with E-state index in [9.17, 15) is 0 Å². The van der Waals surface area contributed by atoms with Crippen molar-refractivity contribution >= 4 is 0 Å². The summed E-state index contributed by atoms with van der Waals surface area (Å²) < 4.78 is 0. The first kappa shape index (κ1) is 13.6. The van der Waals surface area contributed by atoms with Crippen molar-refractivity contribution < 1.29 is 0 Å². The van der Waals surface area contributed by atoms with E-state index in [-0.39, 0.29) is 0 Å². The molecule has 0 saturated carbocycles. The van der Waals surface area contributed by atoms with E-state index in [2.05, 4.69) is 55.7 Å². The molecule has 2 heteroatoms. The molecule has 1 aliphatic heterocycles. The Morgan fingerprint density at radius 1 is 1.33 bits per heavy atom. The molecule has 1 aliphatic rings. The lowest BCUT2D eigenvalue weighted by Crippen LogP contribution is -2.35. The van der Waals surface area contributed by atoms with E-state index < -0.39 is 0 Å². The highest BCUT2D eigenvalue weighted by atomic mass is 15.0. The minimum absolute atomic E-state index is 0.433. The van der Waals surface area contributed by atoms with Crippen LogP contribution in [0.25, 0.3) is 0 Å². The summed E-state index contributed by atoms with van der Waals surface area (Å²) in [5.41, 5.74) is 2.80. The first-order chi connectivity index (χ1) is 8.66. The predicted octanol–water partition coefficient (Wildman–Crippen LogP) is 3.18. The summed E-state index contributed by atoms with van der Waals surface area (Å²) in [6.07, 6.45) is 3.91. The summed E-state index contributed by atoms with van der Waals surface area (Å²) in [7, 11) is 0. The average molecular weight is 246 g/mol. The number of hydrogen-bond donors (Lipinski definition) is 2. The van der Waals surface area contributed by atoms with Crippen LogP contribution in [0, 0.1) is 6.92 Å². The average Bonchev–Trinajstić information content (AvgIpc) is 2.82. The van der Waals surface area contributed by atoms with Crippen molar-refractivity contribution in [3.8, 4) is 0 Å². The Morgan fingerprint density at radius 3 is 2.78 bits per heavy atom. The quantitative estimate of drug-likeness (QED) is 0.834. The maximum atomic E-state index is 3.72. The van der Waals surface area contributed by atoms with Crippen molar-refractivity contribution in [2.75, 3.05) is 6.54 Å². The zero-order valence-electron chi connectivity index (χ0n) is 11.9. The van der Waals surface area contributed by atoms with Gasteiger partial charge in [0.2, 0.25) is 0 Å². The highest BCUT2D eigenvalue weighted by molar-refractivity contribution is 5.28. The van der Waals surface area contributed by atoms with Crippen LogP contribution < -0.4 is 10.6 Å². The maximum Gasteiger partial charge on any atom is 0.0296 e. The van der Waals surface area contributed by atoms with Gasteiger partial charge in [-0.1, -0.05) is 24.3 Å². The van der Waals surface area contributed by atoms with Gasteiger partial charge >= 0.3 is 0 Å². The molecule has 0 aliphatic carbocycles. The second-order valence-electron chi connectivity index (χ2n) is 5.67. The van der Waals surface area contributed by atoms with Gasteiger partial charge in [0.05, 0.1) is 0 Å². The molecule has 1 aromatic carbocycles. The monoisotopic (exact) mass is 246 g/mol. The van der Waals surface area contributed by atoms with Crippen molar-refractivity contribution in [3.05, 3.63) is 35.4 Å². The van der Waals surface area contributed by atoms with Crippen molar-refractivity contribution in [1.82, 2.24) is 10.6 Å². The number of rotatable bonds is 5. The molecule has 2 N–H and O–H groups in total. The van der Waals surface area contributed by atoms with Crippen molar-refractivity contribution in [2.24, 2.45) is 0 Å². The van der Waals surface area contributed by atoms with Gasteiger partial charge in [0.25, 0.3) is 0 Å². The van der Waals surface area contributed by atoms with Crippen molar-refractivity contribution in [1.29, 1.82) is 0 Å². The van der Waals surface area contributed by atoms with Gasteiger partial charge in [0, 0.05) is 18.1 Å². The number of nitrogens with one attached hydrogen (secondary N) is 2. The number of benzene rings is 1. The van der Waals surface area contributed by atoms with Crippen LogP contribution in [0.1, 0.15) is 50.3 Å². The smallest absolute Gasteiger partial charge is 0.0296 e. The number of aryl methyl sites for hydroxylation is 1. The van der Waals surface area contributed by atoms with Gasteiger partial charge in [-0.15, -0.1) is 0 Å². The predicted molar refractivity (Wildman–Crippen MR) is 77.8 cm³/mol. The molecular weight excluding hydrogens is 220 g/mol. The molecule has 1 heterocycles. The summed E-state index contributed by atoms with van der Waals surface area (Å²) in [6, 6.07) is 10.4. The van der Waals surface area contributed by atoms with Crippen LogP contribution >= 0.6 is 0 Å². The Hall–Kier alpha value is -0.860. The normalized spacial score (nSPS) is 22.9. The van der Waals surface area contributed by atoms with Crippen LogP contribution in [0.2, 0.25) is 0 Å². The minimum atomic E-state index is 0.433. The first-order valence-electron chi connectivity index (χ1n) is 7.22. The second kappa shape index (κ2) is 6.35. The van der Waals surface area contributed by atoms with Gasteiger partial charge in [-0.25, -0.2) is 0 Å². The van der Waals surface area contributed by atoms with Crippen LogP contribution in [0.4, 0.5) is 0 Å². The molecule has 1 fully saturated rings. The maximum absolute atomic E-state index is 3.72. The van der Waals surface area contributed by atoms with Gasteiger partial charge in [0.1, 0.15) is 0 Å². The van der Waals surface area contributed by atoms with Crippen LogP contribution in [0.5, 0.6) is 0 Å². The van der Waals surface area contributed by atoms with E-state index in [1.54, 1.807) is 0 Å². The van der Waals surface area contributed by atoms with Crippen LogP contribution in [-0.4, -0.2) is 18.6 Å². The Bertz CT molecular complexity index is 369. The van der Waals surface area contributed by atoms with E-state index in [0.717, 1.165) is 6.04 Å². The summed E-state index contributed by atoms with van der Waals surface area (Å²) in [6.45, 7) is 7.96. The van der Waals surface area contributed by atoms with E-state index in [1.807, 2.05) is 0 Å². The van der Waals surface area contributed by atoms with Crippen molar-refractivity contribution in [2.45, 2.75) is 58.2 Å². The molecule has 2 nitrogen and oxygen atoms in total. The third-order valence-electron chi connectivity index (χ3n) is 3.99. The molecule has 3 atom stereocenters. The molecule has 2 unspecified atom stereocenters. The van der Waals surface area contributed by atoms with Crippen molar-refractivity contribution in [3.63, 3.8) is 0 Å². The van der Waals surface area contributed by atoms with Crippen LogP contribution in [0.3, 0.4) is 0 Å². The van der Waals surface area contributed by atoms with E-state index in [1.165, 1.54) is 36.9 Å². The third-order valence-corrected chi connectivity index (χ3v) is 3.99. The lowest BCUT2D eigenvalue weighted by molar-refractivity contribution is 0.407. The molecule has 0 bridgehead atoms. The summed E-state index contributed by atoms with van der Waals surface area (Å²) in [4.78, 5) is 0. The van der Waals surface area contributed by atoms with E-state index >= 15 is 0 Å². The second-order valence-corrected chi connectivity index (χ2v) is 5.67. The Labute approximate surface area is 111 Å². The number of hydrogen-bond acceptors (Lipinski definition) is 2. The molecular formula is C16H26N2. The lowest BCUT2D eigenvalue weighted by atomic mass is 10.0. The largest absolute Gasteiger partial charge is 0.314 e. The Balaban J connectivity index is 1.86. The molecule has 1 aromatic rings. The fraction of sp³-hybridized carbons (Fsp3) is 0.625. The molecule has 1 saturated heterocycles. The van der Waals surface area contributed by atoms with Gasteiger partial charge < -0.3 is 10.6 Å². The summed E-state index contributed by atoms with van der Waals surface area (Å²) in [5, 5.41) is 7.30. The van der Waals surface area contributed by atoms with Gasteiger partial charge in [-0.05, 0) is 57.7 Å². The van der Waals surface area contributed by atoms with Crippen LogP contribution in [0.15, 0.2) is 24.3 Å².